The molecule has 0 saturated carbocycles. The van der Waals surface area contributed by atoms with E-state index in [9.17, 15) is 0 Å². The fourth-order valence-electron chi connectivity index (χ4n) is 4.50. The summed E-state index contributed by atoms with van der Waals surface area (Å²) in [7, 11) is 0. The SMILES string of the molecule is CC1=C(C2C=Cc3ccccc32)C2=CC(C)N(c3ccccc3)C2=C1.[Cl-].[Cl-].[Zr+2]. The average molecular weight is 486 g/mol. The molecule has 0 N–H and O–H groups in total. The third kappa shape index (κ3) is 3.52. The first-order valence-corrected chi connectivity index (χ1v) is 9.00. The number of halogens is 2. The first-order valence-electron chi connectivity index (χ1n) is 9.00. The smallest absolute Gasteiger partial charge is 1.00 e. The summed E-state index contributed by atoms with van der Waals surface area (Å²) in [5, 5.41) is 0. The van der Waals surface area contributed by atoms with Crippen LogP contribution in [0.5, 0.6) is 0 Å². The van der Waals surface area contributed by atoms with Crippen LogP contribution in [0.3, 0.4) is 0 Å². The van der Waals surface area contributed by atoms with Crippen molar-refractivity contribution in [2.75, 3.05) is 4.90 Å². The molecule has 0 fully saturated rings. The summed E-state index contributed by atoms with van der Waals surface area (Å²) >= 11 is 0. The molecule has 28 heavy (non-hydrogen) atoms. The number of hydrogen-bond acceptors (Lipinski definition) is 1. The first-order chi connectivity index (χ1) is 12.2. The van der Waals surface area contributed by atoms with Crippen LogP contribution in [-0.4, -0.2) is 6.04 Å². The van der Waals surface area contributed by atoms with Gasteiger partial charge in [-0.2, -0.15) is 0 Å². The number of para-hydroxylation sites is 1. The van der Waals surface area contributed by atoms with Gasteiger partial charge in [-0.1, -0.05) is 60.7 Å². The molecule has 2 aromatic rings. The van der Waals surface area contributed by atoms with Gasteiger partial charge in [0, 0.05) is 22.9 Å². The van der Waals surface area contributed by atoms with Crippen LogP contribution in [-0.2, 0) is 26.2 Å². The molecule has 3 aliphatic rings. The average Bonchev–Trinajstić information content (AvgIpc) is 3.26. The van der Waals surface area contributed by atoms with E-state index in [1.165, 1.54) is 39.2 Å². The second-order valence-electron chi connectivity index (χ2n) is 7.12. The third-order valence-corrected chi connectivity index (χ3v) is 5.56. The molecular formula is C24H21Cl2NZr. The van der Waals surface area contributed by atoms with E-state index in [2.05, 4.69) is 97.6 Å². The van der Waals surface area contributed by atoms with E-state index in [1.807, 2.05) is 0 Å². The van der Waals surface area contributed by atoms with Crippen LogP contribution >= 0.6 is 0 Å². The van der Waals surface area contributed by atoms with E-state index in [0.29, 0.717) is 12.0 Å². The summed E-state index contributed by atoms with van der Waals surface area (Å²) in [5.74, 6) is 0.374. The Hall–Kier alpha value is -1.34. The molecule has 0 amide bonds. The van der Waals surface area contributed by atoms with Crippen LogP contribution in [0, 0.1) is 0 Å². The summed E-state index contributed by atoms with van der Waals surface area (Å²) in [6.07, 6.45) is 9.43. The molecule has 2 atom stereocenters. The Morgan fingerprint density at radius 2 is 1.57 bits per heavy atom. The van der Waals surface area contributed by atoms with Crippen molar-refractivity contribution in [3.05, 3.63) is 106 Å². The van der Waals surface area contributed by atoms with Crippen LogP contribution in [0.1, 0.15) is 30.9 Å². The van der Waals surface area contributed by atoms with Gasteiger partial charge in [-0.25, -0.2) is 0 Å². The van der Waals surface area contributed by atoms with Gasteiger partial charge in [0.05, 0.1) is 6.04 Å². The molecular weight excluding hydrogens is 464 g/mol. The molecule has 0 spiro atoms. The van der Waals surface area contributed by atoms with Gasteiger partial charge in [-0.15, -0.1) is 0 Å². The van der Waals surface area contributed by atoms with Gasteiger partial charge in [0.1, 0.15) is 0 Å². The molecule has 0 radical (unpaired) electrons. The largest absolute Gasteiger partial charge is 2.00 e. The number of allylic oxidation sites excluding steroid dienone is 4. The molecule has 1 heterocycles. The number of fused-ring (bicyclic) bond motifs is 2. The van der Waals surface area contributed by atoms with Gasteiger partial charge in [0.15, 0.2) is 0 Å². The van der Waals surface area contributed by atoms with Gasteiger partial charge < -0.3 is 29.7 Å². The maximum absolute atomic E-state index is 2.45. The minimum atomic E-state index is 0. The normalized spacial score (nSPS) is 21.1. The van der Waals surface area contributed by atoms with E-state index in [-0.39, 0.29) is 51.0 Å². The van der Waals surface area contributed by atoms with Crippen LogP contribution in [0.15, 0.2) is 95.2 Å². The van der Waals surface area contributed by atoms with Crippen molar-refractivity contribution >= 4 is 11.8 Å². The van der Waals surface area contributed by atoms with Crippen molar-refractivity contribution in [2.45, 2.75) is 25.8 Å². The van der Waals surface area contributed by atoms with Gasteiger partial charge in [-0.3, -0.25) is 0 Å². The monoisotopic (exact) mass is 483 g/mol. The van der Waals surface area contributed by atoms with Crippen molar-refractivity contribution in [2.24, 2.45) is 0 Å². The van der Waals surface area contributed by atoms with Crippen molar-refractivity contribution in [1.29, 1.82) is 0 Å². The maximum Gasteiger partial charge on any atom is 2.00 e. The molecule has 2 aromatic carbocycles. The summed E-state index contributed by atoms with van der Waals surface area (Å²) in [5.41, 5.74) is 9.68. The van der Waals surface area contributed by atoms with Crippen molar-refractivity contribution in [3.63, 3.8) is 0 Å². The Morgan fingerprint density at radius 1 is 0.893 bits per heavy atom. The molecule has 0 aromatic heterocycles. The predicted octanol–water partition coefficient (Wildman–Crippen LogP) is -0.148. The van der Waals surface area contributed by atoms with Crippen LogP contribution in [0.4, 0.5) is 5.69 Å². The molecule has 1 aliphatic heterocycles. The van der Waals surface area contributed by atoms with Crippen LogP contribution in [0.2, 0.25) is 0 Å². The van der Waals surface area contributed by atoms with Crippen molar-refractivity contribution in [3.8, 4) is 0 Å². The second-order valence-corrected chi connectivity index (χ2v) is 7.12. The number of hydrogen-bond donors (Lipinski definition) is 0. The fourth-order valence-corrected chi connectivity index (χ4v) is 4.50. The standard InChI is InChI=1S/C24H21N.2ClH.Zr/c1-16-14-23-22(15-17(2)25(23)19-9-4-3-5-10-19)24(16)21-13-12-18-8-6-7-11-20(18)21;;;/h3-15,17,21H,1-2H3;2*1H;/q;;;+2/p-2. The van der Waals surface area contributed by atoms with Gasteiger partial charge in [0.2, 0.25) is 0 Å². The number of anilines is 1. The minimum Gasteiger partial charge on any atom is -1.00 e. The maximum atomic E-state index is 2.45. The quantitative estimate of drug-likeness (QED) is 0.572. The zero-order valence-electron chi connectivity index (χ0n) is 15.9. The fraction of sp³-hybridized carbons (Fsp3) is 0.167. The van der Waals surface area contributed by atoms with Crippen LogP contribution < -0.4 is 29.7 Å². The van der Waals surface area contributed by atoms with E-state index in [4.69, 9.17) is 0 Å². The second kappa shape index (κ2) is 8.99. The summed E-state index contributed by atoms with van der Waals surface area (Å²) in [4.78, 5) is 2.45. The summed E-state index contributed by atoms with van der Waals surface area (Å²) < 4.78 is 0. The molecule has 4 heteroatoms. The minimum absolute atomic E-state index is 0. The zero-order valence-corrected chi connectivity index (χ0v) is 19.8. The Bertz CT molecular complexity index is 989. The van der Waals surface area contributed by atoms with E-state index in [1.54, 1.807) is 0 Å². The van der Waals surface area contributed by atoms with Crippen molar-refractivity contribution in [1.82, 2.24) is 0 Å². The molecule has 2 aliphatic carbocycles. The summed E-state index contributed by atoms with van der Waals surface area (Å²) in [6, 6.07) is 19.9. The number of nitrogens with zero attached hydrogens (tertiary/aromatic N) is 1. The Labute approximate surface area is 198 Å². The van der Waals surface area contributed by atoms with E-state index in [0.717, 1.165) is 0 Å². The molecule has 0 saturated heterocycles. The number of rotatable bonds is 2. The molecule has 0 bridgehead atoms. The van der Waals surface area contributed by atoms with Crippen LogP contribution in [0.25, 0.3) is 6.08 Å². The summed E-state index contributed by atoms with van der Waals surface area (Å²) in [6.45, 7) is 4.54. The Morgan fingerprint density at radius 3 is 2.32 bits per heavy atom. The number of benzene rings is 2. The first kappa shape index (κ1) is 22.9. The van der Waals surface area contributed by atoms with Gasteiger partial charge in [0.25, 0.3) is 0 Å². The van der Waals surface area contributed by atoms with Gasteiger partial charge >= 0.3 is 26.2 Å². The molecule has 140 valence electrons. The van der Waals surface area contributed by atoms with E-state index >= 15 is 0 Å². The van der Waals surface area contributed by atoms with Gasteiger partial charge in [-0.05, 0) is 54.3 Å². The molecule has 2 unspecified atom stereocenters. The van der Waals surface area contributed by atoms with Crippen molar-refractivity contribution < 1.29 is 51.0 Å². The molecule has 1 nitrogen and oxygen atoms in total. The Balaban J connectivity index is 0.000000934. The zero-order chi connectivity index (χ0) is 17.0. The Kier molecular flexibility index (Phi) is 7.37. The molecule has 5 rings (SSSR count). The van der Waals surface area contributed by atoms with E-state index < -0.39 is 0 Å². The third-order valence-electron chi connectivity index (χ3n) is 5.56. The topological polar surface area (TPSA) is 3.24 Å². The predicted molar refractivity (Wildman–Crippen MR) is 105 cm³/mol.